The molecule has 70 valence electrons. The van der Waals surface area contributed by atoms with E-state index in [4.69, 9.17) is 22.0 Å². The molecule has 0 bridgehead atoms. The summed E-state index contributed by atoms with van der Waals surface area (Å²) >= 11 is 6.81. The van der Waals surface area contributed by atoms with Gasteiger partial charge in [0.05, 0.1) is 6.10 Å². The predicted molar refractivity (Wildman–Crippen MR) is 52.0 cm³/mol. The van der Waals surface area contributed by atoms with E-state index in [-0.39, 0.29) is 5.15 Å². The van der Waals surface area contributed by atoms with Crippen LogP contribution in [0.5, 0.6) is 0 Å². The Morgan fingerprint density at radius 2 is 2.54 bits per heavy atom. The smallest absolute Gasteiger partial charge is 0.185 e. The number of anilines is 1. The fraction of sp³-hybridized carbons (Fsp3) is 0.429. The minimum atomic E-state index is -0.451. The van der Waals surface area contributed by atoms with Crippen molar-refractivity contribution in [1.29, 1.82) is 5.26 Å². The minimum Gasteiger partial charge on any atom is -0.392 e. The second kappa shape index (κ2) is 4.42. The number of nitriles is 1. The monoisotopic (exact) mass is 217 g/mol. The SMILES string of the molecule is C[C@@H](O)CNc1nc(Cl)c(C#N)s1. The van der Waals surface area contributed by atoms with E-state index in [1.54, 1.807) is 6.92 Å². The summed E-state index contributed by atoms with van der Waals surface area (Å²) in [6.07, 6.45) is -0.451. The zero-order valence-corrected chi connectivity index (χ0v) is 8.48. The highest BCUT2D eigenvalue weighted by atomic mass is 35.5. The van der Waals surface area contributed by atoms with Gasteiger partial charge >= 0.3 is 0 Å². The third-order valence-electron chi connectivity index (χ3n) is 1.24. The second-order valence-corrected chi connectivity index (χ2v) is 3.84. The van der Waals surface area contributed by atoms with Gasteiger partial charge in [-0.05, 0) is 6.92 Å². The van der Waals surface area contributed by atoms with Crippen LogP contribution in [-0.2, 0) is 0 Å². The number of halogens is 1. The van der Waals surface area contributed by atoms with Gasteiger partial charge in [-0.15, -0.1) is 0 Å². The average molecular weight is 218 g/mol. The van der Waals surface area contributed by atoms with Gasteiger partial charge in [0.25, 0.3) is 0 Å². The molecule has 0 saturated heterocycles. The molecule has 6 heteroatoms. The fourth-order valence-electron chi connectivity index (χ4n) is 0.681. The van der Waals surface area contributed by atoms with Crippen LogP contribution in [0.4, 0.5) is 5.13 Å². The van der Waals surface area contributed by atoms with Crippen molar-refractivity contribution in [3.8, 4) is 6.07 Å². The molecule has 0 radical (unpaired) electrons. The van der Waals surface area contributed by atoms with E-state index in [0.717, 1.165) is 0 Å². The molecule has 0 saturated carbocycles. The number of aliphatic hydroxyl groups excluding tert-OH is 1. The van der Waals surface area contributed by atoms with Crippen LogP contribution in [-0.4, -0.2) is 22.7 Å². The fourth-order valence-corrected chi connectivity index (χ4v) is 1.64. The maximum atomic E-state index is 8.96. The van der Waals surface area contributed by atoms with Crippen LogP contribution >= 0.6 is 22.9 Å². The molecule has 1 aromatic heterocycles. The quantitative estimate of drug-likeness (QED) is 0.805. The van der Waals surface area contributed by atoms with Crippen molar-refractivity contribution in [3.05, 3.63) is 10.0 Å². The Morgan fingerprint density at radius 3 is 3.00 bits per heavy atom. The number of hydrogen-bond acceptors (Lipinski definition) is 5. The molecule has 2 N–H and O–H groups in total. The molecule has 0 aromatic carbocycles. The van der Waals surface area contributed by atoms with Crippen molar-refractivity contribution < 1.29 is 5.11 Å². The van der Waals surface area contributed by atoms with Gasteiger partial charge in [-0.1, -0.05) is 22.9 Å². The van der Waals surface area contributed by atoms with Crippen LogP contribution in [0, 0.1) is 11.3 Å². The Bertz CT molecular complexity index is 331. The van der Waals surface area contributed by atoms with Crippen LogP contribution in [0.15, 0.2) is 0 Å². The summed E-state index contributed by atoms with van der Waals surface area (Å²) in [6.45, 7) is 2.06. The summed E-state index contributed by atoms with van der Waals surface area (Å²) in [5.41, 5.74) is 0. The molecule has 0 aliphatic rings. The summed E-state index contributed by atoms with van der Waals surface area (Å²) in [6, 6.07) is 1.92. The molecule has 0 spiro atoms. The van der Waals surface area contributed by atoms with Crippen LogP contribution in [0.25, 0.3) is 0 Å². The maximum Gasteiger partial charge on any atom is 0.185 e. The minimum absolute atomic E-state index is 0.209. The van der Waals surface area contributed by atoms with Crippen LogP contribution < -0.4 is 5.32 Å². The highest BCUT2D eigenvalue weighted by molar-refractivity contribution is 7.16. The molecular weight excluding hydrogens is 210 g/mol. The Hall–Kier alpha value is -0.830. The molecule has 0 aliphatic carbocycles. The van der Waals surface area contributed by atoms with E-state index in [9.17, 15) is 0 Å². The molecule has 0 fully saturated rings. The number of thiazole rings is 1. The molecule has 13 heavy (non-hydrogen) atoms. The lowest BCUT2D eigenvalue weighted by atomic mass is 10.4. The lowest BCUT2D eigenvalue weighted by Gasteiger charge is -2.03. The molecule has 0 unspecified atom stereocenters. The second-order valence-electron chi connectivity index (χ2n) is 2.48. The van der Waals surface area contributed by atoms with Crippen LogP contribution in [0.1, 0.15) is 11.8 Å². The summed E-state index contributed by atoms with van der Waals surface area (Å²) in [7, 11) is 0. The van der Waals surface area contributed by atoms with Crippen molar-refractivity contribution in [2.24, 2.45) is 0 Å². The van der Waals surface area contributed by atoms with Gasteiger partial charge in [-0.2, -0.15) is 5.26 Å². The van der Waals surface area contributed by atoms with Gasteiger partial charge < -0.3 is 10.4 Å². The molecule has 4 nitrogen and oxygen atoms in total. The molecule has 0 aliphatic heterocycles. The van der Waals surface area contributed by atoms with E-state index in [1.165, 1.54) is 11.3 Å². The Labute approximate surface area is 84.8 Å². The Morgan fingerprint density at radius 1 is 1.85 bits per heavy atom. The molecule has 1 atom stereocenters. The first kappa shape index (κ1) is 10.3. The molecule has 1 rings (SSSR count). The number of nitrogens with one attached hydrogen (secondary N) is 1. The van der Waals surface area contributed by atoms with Crippen molar-refractivity contribution in [1.82, 2.24) is 4.98 Å². The van der Waals surface area contributed by atoms with E-state index in [2.05, 4.69) is 10.3 Å². The topological polar surface area (TPSA) is 68.9 Å². The third-order valence-corrected chi connectivity index (χ3v) is 2.54. The molecule has 1 heterocycles. The van der Waals surface area contributed by atoms with Crippen molar-refractivity contribution in [2.75, 3.05) is 11.9 Å². The van der Waals surface area contributed by atoms with E-state index in [0.29, 0.717) is 16.6 Å². The number of aliphatic hydroxyl groups is 1. The molecule has 0 amide bonds. The van der Waals surface area contributed by atoms with Gasteiger partial charge in [0.1, 0.15) is 10.9 Å². The first-order valence-corrected chi connectivity index (χ1v) is 4.81. The number of nitrogens with zero attached hydrogens (tertiary/aromatic N) is 2. The van der Waals surface area contributed by atoms with Gasteiger partial charge in [0.2, 0.25) is 0 Å². The van der Waals surface area contributed by atoms with Crippen LogP contribution in [0.2, 0.25) is 5.15 Å². The lowest BCUT2D eigenvalue weighted by molar-refractivity contribution is 0.208. The summed E-state index contributed by atoms with van der Waals surface area (Å²) in [5, 5.41) is 21.2. The summed E-state index contributed by atoms with van der Waals surface area (Å²) < 4.78 is 0. The average Bonchev–Trinajstić information content (AvgIpc) is 2.43. The molecule has 1 aromatic rings. The lowest BCUT2D eigenvalue weighted by Crippen LogP contribution is -2.14. The zero-order chi connectivity index (χ0) is 9.84. The normalized spacial score (nSPS) is 12.2. The standard InChI is InChI=1S/C7H8ClN3OS/c1-4(12)3-10-7-11-6(8)5(2-9)13-7/h4,12H,3H2,1H3,(H,10,11)/t4-/m1/s1. The van der Waals surface area contributed by atoms with Gasteiger partial charge in [0, 0.05) is 6.54 Å². The van der Waals surface area contributed by atoms with E-state index in [1.807, 2.05) is 6.07 Å². The van der Waals surface area contributed by atoms with Crippen molar-refractivity contribution in [3.63, 3.8) is 0 Å². The maximum absolute atomic E-state index is 8.96. The highest BCUT2D eigenvalue weighted by Crippen LogP contribution is 2.25. The Kier molecular flexibility index (Phi) is 3.48. The van der Waals surface area contributed by atoms with E-state index < -0.39 is 6.10 Å². The van der Waals surface area contributed by atoms with E-state index >= 15 is 0 Å². The van der Waals surface area contributed by atoms with Gasteiger partial charge in [-0.25, -0.2) is 4.98 Å². The first-order valence-electron chi connectivity index (χ1n) is 3.62. The first-order chi connectivity index (χ1) is 6.13. The summed E-state index contributed by atoms with van der Waals surface area (Å²) in [4.78, 5) is 4.28. The van der Waals surface area contributed by atoms with Crippen LogP contribution in [0.3, 0.4) is 0 Å². The highest BCUT2D eigenvalue weighted by Gasteiger charge is 2.08. The third kappa shape index (κ3) is 2.84. The molecular formula is C7H8ClN3OS. The van der Waals surface area contributed by atoms with Crippen molar-refractivity contribution in [2.45, 2.75) is 13.0 Å². The number of aromatic nitrogens is 1. The van der Waals surface area contributed by atoms with Crippen molar-refractivity contribution >= 4 is 28.1 Å². The largest absolute Gasteiger partial charge is 0.392 e. The summed E-state index contributed by atoms with van der Waals surface area (Å²) in [5.74, 6) is 0. The number of hydrogen-bond donors (Lipinski definition) is 2. The zero-order valence-electron chi connectivity index (χ0n) is 6.91. The van der Waals surface area contributed by atoms with Gasteiger partial charge in [0.15, 0.2) is 10.3 Å². The Balaban J connectivity index is 2.64. The number of rotatable bonds is 3. The predicted octanol–water partition coefficient (Wildman–Crippen LogP) is 1.46. The van der Waals surface area contributed by atoms with Gasteiger partial charge in [-0.3, -0.25) is 0 Å².